The van der Waals surface area contributed by atoms with Crippen LogP contribution < -0.4 is 0 Å². The van der Waals surface area contributed by atoms with Crippen molar-refractivity contribution < 1.29 is 0 Å². The highest BCUT2D eigenvalue weighted by molar-refractivity contribution is 5.70. The third kappa shape index (κ3) is 2.14. The lowest BCUT2D eigenvalue weighted by atomic mass is 9.93. The lowest BCUT2D eigenvalue weighted by Crippen LogP contribution is -1.97. The predicted molar refractivity (Wildman–Crippen MR) is 71.5 cm³/mol. The standard InChI is InChI=1S/C16H15N/c1-3-7-13(8-4-1)15-11-16(17-12-15)14-9-5-2-6-10-14/h1-10,12,15-16H,11H2. The molecule has 0 saturated carbocycles. The molecule has 0 radical (unpaired) electrons. The van der Waals surface area contributed by atoms with E-state index in [-0.39, 0.29) is 0 Å². The van der Waals surface area contributed by atoms with Crippen LogP contribution in [0, 0.1) is 0 Å². The number of nitrogens with zero attached hydrogens (tertiary/aromatic N) is 1. The molecular weight excluding hydrogens is 206 g/mol. The molecule has 2 atom stereocenters. The molecule has 1 heterocycles. The van der Waals surface area contributed by atoms with Crippen LogP contribution in [0.2, 0.25) is 0 Å². The Morgan fingerprint density at radius 2 is 1.35 bits per heavy atom. The summed E-state index contributed by atoms with van der Waals surface area (Å²) in [6.07, 6.45) is 3.20. The fraction of sp³-hybridized carbons (Fsp3) is 0.188. The Morgan fingerprint density at radius 1 is 0.765 bits per heavy atom. The molecule has 84 valence electrons. The molecule has 1 heteroatoms. The fourth-order valence-corrected chi connectivity index (χ4v) is 2.39. The van der Waals surface area contributed by atoms with Crippen LogP contribution in [0.5, 0.6) is 0 Å². The van der Waals surface area contributed by atoms with Crippen LogP contribution in [0.25, 0.3) is 0 Å². The van der Waals surface area contributed by atoms with Gasteiger partial charge < -0.3 is 0 Å². The van der Waals surface area contributed by atoms with Gasteiger partial charge in [0.15, 0.2) is 0 Å². The number of rotatable bonds is 2. The number of benzene rings is 2. The van der Waals surface area contributed by atoms with Gasteiger partial charge in [-0.25, -0.2) is 0 Å². The van der Waals surface area contributed by atoms with Gasteiger partial charge in [0.05, 0.1) is 6.04 Å². The summed E-state index contributed by atoms with van der Waals surface area (Å²) < 4.78 is 0. The zero-order chi connectivity index (χ0) is 11.5. The van der Waals surface area contributed by atoms with Crippen LogP contribution in [0.3, 0.4) is 0 Å². The lowest BCUT2D eigenvalue weighted by Gasteiger charge is -2.10. The van der Waals surface area contributed by atoms with Gasteiger partial charge in [-0.15, -0.1) is 0 Å². The highest BCUT2D eigenvalue weighted by Gasteiger charge is 2.22. The molecule has 2 aromatic rings. The molecule has 0 fully saturated rings. The molecule has 3 rings (SSSR count). The molecule has 0 bridgehead atoms. The van der Waals surface area contributed by atoms with Gasteiger partial charge in [0.25, 0.3) is 0 Å². The van der Waals surface area contributed by atoms with Crippen LogP contribution in [0.4, 0.5) is 0 Å². The van der Waals surface area contributed by atoms with Gasteiger partial charge in [-0.2, -0.15) is 0 Å². The van der Waals surface area contributed by atoms with Crippen molar-refractivity contribution >= 4 is 6.21 Å². The second-order valence-electron chi connectivity index (χ2n) is 4.48. The number of hydrogen-bond donors (Lipinski definition) is 0. The lowest BCUT2D eigenvalue weighted by molar-refractivity contribution is 0.680. The van der Waals surface area contributed by atoms with Crippen LogP contribution in [-0.4, -0.2) is 6.21 Å². The van der Waals surface area contributed by atoms with E-state index in [4.69, 9.17) is 0 Å². The average Bonchev–Trinajstić information content (AvgIpc) is 2.90. The number of hydrogen-bond acceptors (Lipinski definition) is 1. The summed E-state index contributed by atoms with van der Waals surface area (Å²) in [5.41, 5.74) is 2.69. The van der Waals surface area contributed by atoms with E-state index < -0.39 is 0 Å². The van der Waals surface area contributed by atoms with Crippen molar-refractivity contribution in [1.29, 1.82) is 0 Å². The van der Waals surface area contributed by atoms with Gasteiger partial charge in [0, 0.05) is 12.1 Å². The Balaban J connectivity index is 1.78. The van der Waals surface area contributed by atoms with E-state index in [0.29, 0.717) is 12.0 Å². The monoisotopic (exact) mass is 221 g/mol. The van der Waals surface area contributed by atoms with Crippen LogP contribution in [0.1, 0.15) is 29.5 Å². The maximum Gasteiger partial charge on any atom is 0.0754 e. The summed E-state index contributed by atoms with van der Waals surface area (Å²) in [5.74, 6) is 0.474. The maximum atomic E-state index is 4.64. The molecular formula is C16H15N. The van der Waals surface area contributed by atoms with Gasteiger partial charge >= 0.3 is 0 Å². The van der Waals surface area contributed by atoms with Crippen molar-refractivity contribution in [2.75, 3.05) is 0 Å². The molecule has 0 amide bonds. The first-order chi connectivity index (χ1) is 8.43. The minimum atomic E-state index is 0.335. The molecule has 1 aliphatic rings. The molecule has 0 saturated heterocycles. The molecule has 2 unspecified atom stereocenters. The predicted octanol–water partition coefficient (Wildman–Crippen LogP) is 3.99. The van der Waals surface area contributed by atoms with Gasteiger partial charge in [-0.05, 0) is 17.5 Å². The molecule has 1 nitrogen and oxygen atoms in total. The summed E-state index contributed by atoms with van der Waals surface area (Å²) in [7, 11) is 0. The minimum absolute atomic E-state index is 0.335. The second kappa shape index (κ2) is 4.54. The molecule has 0 aliphatic carbocycles. The Bertz CT molecular complexity index is 454. The quantitative estimate of drug-likeness (QED) is 0.727. The van der Waals surface area contributed by atoms with E-state index in [1.165, 1.54) is 11.1 Å². The summed E-state index contributed by atoms with van der Waals surface area (Å²) in [6.45, 7) is 0. The van der Waals surface area contributed by atoms with Crippen molar-refractivity contribution in [3.05, 3.63) is 71.8 Å². The molecule has 17 heavy (non-hydrogen) atoms. The van der Waals surface area contributed by atoms with Crippen molar-refractivity contribution in [3.8, 4) is 0 Å². The average molecular weight is 221 g/mol. The third-order valence-corrected chi connectivity index (χ3v) is 3.34. The van der Waals surface area contributed by atoms with Crippen LogP contribution in [-0.2, 0) is 0 Å². The van der Waals surface area contributed by atoms with Gasteiger partial charge in [-0.1, -0.05) is 60.7 Å². The smallest absolute Gasteiger partial charge is 0.0754 e. The van der Waals surface area contributed by atoms with Crippen molar-refractivity contribution in [1.82, 2.24) is 0 Å². The largest absolute Gasteiger partial charge is 0.289 e. The van der Waals surface area contributed by atoms with Gasteiger partial charge in [-0.3, -0.25) is 4.99 Å². The highest BCUT2D eigenvalue weighted by atomic mass is 14.8. The fourth-order valence-electron chi connectivity index (χ4n) is 2.39. The normalized spacial score (nSPS) is 22.8. The first-order valence-electron chi connectivity index (χ1n) is 6.06. The van der Waals surface area contributed by atoms with E-state index >= 15 is 0 Å². The Labute approximate surface area is 102 Å². The highest BCUT2D eigenvalue weighted by Crippen LogP contribution is 2.34. The zero-order valence-corrected chi connectivity index (χ0v) is 9.66. The van der Waals surface area contributed by atoms with E-state index in [1.54, 1.807) is 0 Å². The number of aliphatic imine (C=N–C) groups is 1. The zero-order valence-electron chi connectivity index (χ0n) is 9.66. The SMILES string of the molecule is C1=NC(c2ccccc2)CC1c1ccccc1. The van der Waals surface area contributed by atoms with Gasteiger partial charge in [0.2, 0.25) is 0 Å². The molecule has 1 aliphatic heterocycles. The van der Waals surface area contributed by atoms with E-state index in [1.807, 2.05) is 0 Å². The molecule has 0 N–H and O–H groups in total. The first kappa shape index (κ1) is 10.3. The Kier molecular flexibility index (Phi) is 2.74. The molecule has 0 aromatic heterocycles. The molecule has 2 aromatic carbocycles. The summed E-state index contributed by atoms with van der Waals surface area (Å²) >= 11 is 0. The topological polar surface area (TPSA) is 12.4 Å². The minimum Gasteiger partial charge on any atom is -0.289 e. The van der Waals surface area contributed by atoms with Gasteiger partial charge in [0.1, 0.15) is 0 Å². The van der Waals surface area contributed by atoms with E-state index in [0.717, 1.165) is 6.42 Å². The molecule has 0 spiro atoms. The van der Waals surface area contributed by atoms with E-state index in [9.17, 15) is 0 Å². The maximum absolute atomic E-state index is 4.64. The first-order valence-corrected chi connectivity index (χ1v) is 6.06. The second-order valence-corrected chi connectivity index (χ2v) is 4.48. The summed E-state index contributed by atoms with van der Waals surface area (Å²) in [4.78, 5) is 4.64. The summed E-state index contributed by atoms with van der Waals surface area (Å²) in [5, 5.41) is 0. The van der Waals surface area contributed by atoms with Crippen LogP contribution >= 0.6 is 0 Å². The van der Waals surface area contributed by atoms with Crippen molar-refractivity contribution in [3.63, 3.8) is 0 Å². The third-order valence-electron chi connectivity index (χ3n) is 3.34. The Morgan fingerprint density at radius 3 is 2.00 bits per heavy atom. The summed E-state index contributed by atoms with van der Waals surface area (Å²) in [6, 6.07) is 21.5. The van der Waals surface area contributed by atoms with Crippen molar-refractivity contribution in [2.45, 2.75) is 18.4 Å². The Hall–Kier alpha value is -1.89. The van der Waals surface area contributed by atoms with Crippen molar-refractivity contribution in [2.24, 2.45) is 4.99 Å². The van der Waals surface area contributed by atoms with E-state index in [2.05, 4.69) is 71.9 Å². The van der Waals surface area contributed by atoms with Crippen LogP contribution in [0.15, 0.2) is 65.7 Å².